The highest BCUT2D eigenvalue weighted by atomic mass is 32.2. The number of β-lactam (4-membered cyclic amide) rings is 1. The minimum atomic E-state index is -1.65. The summed E-state index contributed by atoms with van der Waals surface area (Å²) in [6, 6.07) is -1.10. The van der Waals surface area contributed by atoms with E-state index in [1.165, 1.54) is 42.8 Å². The van der Waals surface area contributed by atoms with Crippen LogP contribution in [-0.4, -0.2) is 96.2 Å². The number of carbonyl (C=O) groups excluding carboxylic acids is 5. The average Bonchev–Trinajstić information content (AvgIpc) is 3.61. The number of fused-ring (bicyclic) bond motifs is 1. The predicted octanol–water partition coefficient (Wildman–Crippen LogP) is 2.38. The lowest BCUT2D eigenvalue weighted by Crippen LogP contribution is -2.70. The molecule has 4 rings (SSSR count). The molecule has 2 atom stereocenters. The van der Waals surface area contributed by atoms with Crippen LogP contribution in [0.1, 0.15) is 73.9 Å². The molecule has 0 spiro atoms. The van der Waals surface area contributed by atoms with Gasteiger partial charge in [0.25, 0.3) is 17.7 Å². The molecule has 4 heterocycles. The third-order valence-electron chi connectivity index (χ3n) is 6.25. The van der Waals surface area contributed by atoms with Gasteiger partial charge in [-0.1, -0.05) is 5.16 Å². The van der Waals surface area contributed by atoms with Crippen LogP contribution < -0.4 is 16.4 Å². The number of aromatic nitrogens is 3. The van der Waals surface area contributed by atoms with Gasteiger partial charge in [-0.15, -0.1) is 28.2 Å². The highest BCUT2D eigenvalue weighted by Crippen LogP contribution is 2.43. The van der Waals surface area contributed by atoms with Crippen molar-refractivity contribution in [3.05, 3.63) is 33.1 Å². The maximum Gasteiger partial charge on any atom is 0.434 e. The highest BCUT2D eigenvalue weighted by Gasteiger charge is 2.54. The van der Waals surface area contributed by atoms with E-state index in [4.69, 9.17) is 23.5 Å². The molecule has 266 valence electrons. The van der Waals surface area contributed by atoms with Gasteiger partial charge in [0.1, 0.15) is 40.6 Å². The molecule has 1 fully saturated rings. The molecular weight excluding hydrogens is 686 g/mol. The van der Waals surface area contributed by atoms with Gasteiger partial charge in [0.2, 0.25) is 5.60 Å². The van der Waals surface area contributed by atoms with Crippen molar-refractivity contribution in [3.8, 4) is 0 Å². The first-order valence-corrected chi connectivity index (χ1v) is 16.7. The van der Waals surface area contributed by atoms with E-state index in [-0.39, 0.29) is 34.8 Å². The van der Waals surface area contributed by atoms with Gasteiger partial charge in [-0.3, -0.25) is 24.6 Å². The third kappa shape index (κ3) is 9.25. The second kappa shape index (κ2) is 14.0. The molecule has 2 aliphatic heterocycles. The molecule has 0 aromatic carbocycles. The SMILES string of the molecule is CC(=O)OCC1=C(c2n[nH]c(=O)o2)N2C(=O)[C@@H](NC(=O)/C(=N\OC(C)(C)C(=O)OC(C)(C)C)c3csc(NC(=O)OC(C)(C)C)n3)[C@H]2SC1. The van der Waals surface area contributed by atoms with Crippen molar-refractivity contribution < 1.29 is 47.4 Å². The van der Waals surface area contributed by atoms with Crippen molar-refractivity contribution in [3.63, 3.8) is 0 Å². The molecule has 0 unspecified atom stereocenters. The number of oxime groups is 1. The number of nitrogens with zero attached hydrogens (tertiary/aromatic N) is 4. The number of hydrogen-bond acceptors (Lipinski definition) is 16. The Balaban J connectivity index is 1.61. The number of rotatable bonds is 10. The molecule has 0 bridgehead atoms. The van der Waals surface area contributed by atoms with Crippen LogP contribution in [0.25, 0.3) is 5.70 Å². The molecule has 0 aliphatic carbocycles. The van der Waals surface area contributed by atoms with Crippen molar-refractivity contribution in [2.24, 2.45) is 5.16 Å². The maximum atomic E-state index is 13.8. The molecule has 18 nitrogen and oxygen atoms in total. The number of carbonyl (C=O) groups is 5. The summed E-state index contributed by atoms with van der Waals surface area (Å²) in [4.78, 5) is 86.8. The molecule has 1 saturated heterocycles. The number of thiazole rings is 1. The summed E-state index contributed by atoms with van der Waals surface area (Å²) in [6.45, 7) is 14.0. The van der Waals surface area contributed by atoms with Gasteiger partial charge in [-0.05, 0) is 55.4 Å². The molecule has 49 heavy (non-hydrogen) atoms. The van der Waals surface area contributed by atoms with E-state index in [9.17, 15) is 28.8 Å². The number of aromatic amines is 1. The molecule has 0 radical (unpaired) electrons. The standard InChI is InChI=1S/C29H37N7O11S2/c1-13(37)43-10-14-11-48-22-17(21(39)36(22)18(14)20-33-34-26(42)44-20)31-19(38)16(35-47-29(8,9)23(40)45-27(2,3)4)15-12-49-24(30-15)32-25(41)46-28(5,6)7/h12,17,22H,10-11H2,1-9H3,(H,31,38)(H,34,42)(H,30,32,41)/b35-16-/t17-,22-/m1/s1. The van der Waals surface area contributed by atoms with Crippen LogP contribution in [0.3, 0.4) is 0 Å². The molecule has 0 saturated carbocycles. The molecule has 3 N–H and O–H groups in total. The number of nitrogens with one attached hydrogen (secondary N) is 3. The van der Waals surface area contributed by atoms with Crippen molar-refractivity contribution >= 4 is 69.5 Å². The van der Waals surface area contributed by atoms with Crippen LogP contribution >= 0.6 is 23.1 Å². The Bertz CT molecular complexity index is 1760. The number of amides is 3. The second-order valence-corrected chi connectivity index (χ2v) is 15.2. The Labute approximate surface area is 288 Å². The highest BCUT2D eigenvalue weighted by molar-refractivity contribution is 8.00. The van der Waals surface area contributed by atoms with Gasteiger partial charge in [-0.2, -0.15) is 0 Å². The average molecular weight is 724 g/mol. The van der Waals surface area contributed by atoms with E-state index in [1.54, 1.807) is 41.5 Å². The lowest BCUT2D eigenvalue weighted by Gasteiger charge is -2.49. The zero-order chi connectivity index (χ0) is 36.5. The molecular formula is C29H37N7O11S2. The predicted molar refractivity (Wildman–Crippen MR) is 175 cm³/mol. The Kier molecular flexibility index (Phi) is 10.6. The van der Waals surface area contributed by atoms with E-state index < -0.39 is 69.5 Å². The van der Waals surface area contributed by atoms with E-state index in [0.717, 1.165) is 11.3 Å². The number of anilines is 1. The van der Waals surface area contributed by atoms with Crippen LogP contribution in [0.2, 0.25) is 0 Å². The lowest BCUT2D eigenvalue weighted by molar-refractivity contribution is -0.179. The van der Waals surface area contributed by atoms with Crippen LogP contribution in [0, 0.1) is 0 Å². The van der Waals surface area contributed by atoms with Crippen LogP contribution in [0.5, 0.6) is 0 Å². The van der Waals surface area contributed by atoms with E-state index in [2.05, 4.69) is 31.0 Å². The molecule has 2 aromatic rings. The summed E-state index contributed by atoms with van der Waals surface area (Å²) in [5, 5.41) is 15.9. The van der Waals surface area contributed by atoms with Crippen molar-refractivity contribution in [1.29, 1.82) is 0 Å². The van der Waals surface area contributed by atoms with Crippen molar-refractivity contribution in [1.82, 2.24) is 25.4 Å². The van der Waals surface area contributed by atoms with Crippen molar-refractivity contribution in [2.75, 3.05) is 17.7 Å². The van der Waals surface area contributed by atoms with Crippen LogP contribution in [0.15, 0.2) is 25.3 Å². The molecule has 3 amide bonds. The monoisotopic (exact) mass is 723 g/mol. The number of thioether (sulfide) groups is 1. The first-order valence-electron chi connectivity index (χ1n) is 14.8. The van der Waals surface area contributed by atoms with Crippen LogP contribution in [-0.2, 0) is 38.2 Å². The summed E-state index contributed by atoms with van der Waals surface area (Å²) < 4.78 is 20.9. The minimum absolute atomic E-state index is 0.0453. The number of ether oxygens (including phenoxy) is 3. The van der Waals surface area contributed by atoms with Gasteiger partial charge in [0.15, 0.2) is 10.8 Å². The number of H-pyrrole nitrogens is 1. The van der Waals surface area contributed by atoms with E-state index in [0.29, 0.717) is 5.57 Å². The fourth-order valence-electron chi connectivity index (χ4n) is 4.16. The van der Waals surface area contributed by atoms with Crippen LogP contribution in [0.4, 0.5) is 9.93 Å². The zero-order valence-corrected chi connectivity index (χ0v) is 29.9. The normalized spacial score (nSPS) is 18.3. The minimum Gasteiger partial charge on any atom is -0.461 e. The molecule has 20 heteroatoms. The Morgan fingerprint density at radius 1 is 1.08 bits per heavy atom. The summed E-state index contributed by atoms with van der Waals surface area (Å²) in [7, 11) is 0. The zero-order valence-electron chi connectivity index (χ0n) is 28.2. The lowest BCUT2D eigenvalue weighted by atomic mass is 10.0. The largest absolute Gasteiger partial charge is 0.461 e. The summed E-state index contributed by atoms with van der Waals surface area (Å²) in [6.07, 6.45) is -0.780. The quantitative estimate of drug-likeness (QED) is 0.105. The van der Waals surface area contributed by atoms with Gasteiger partial charge in [-0.25, -0.2) is 24.5 Å². The van der Waals surface area contributed by atoms with Gasteiger partial charge in [0.05, 0.1) is 0 Å². The summed E-state index contributed by atoms with van der Waals surface area (Å²) >= 11 is 2.22. The van der Waals surface area contributed by atoms with Gasteiger partial charge < -0.3 is 28.8 Å². The fraction of sp³-hybridized carbons (Fsp3) is 0.552. The maximum absolute atomic E-state index is 13.8. The Morgan fingerprint density at radius 3 is 2.35 bits per heavy atom. The first kappa shape index (κ1) is 37.1. The number of hydrogen-bond donors (Lipinski definition) is 3. The van der Waals surface area contributed by atoms with E-state index in [1.807, 2.05) is 0 Å². The fourth-order valence-corrected chi connectivity index (χ4v) is 6.17. The molecule has 2 aliphatic rings. The topological polar surface area (TPSA) is 234 Å². The van der Waals surface area contributed by atoms with Gasteiger partial charge in [0, 0.05) is 23.6 Å². The second-order valence-electron chi connectivity index (χ2n) is 13.2. The first-order chi connectivity index (χ1) is 22.6. The molecule has 2 aromatic heterocycles. The Morgan fingerprint density at radius 2 is 1.76 bits per heavy atom. The van der Waals surface area contributed by atoms with Crippen molar-refractivity contribution in [2.45, 2.75) is 90.5 Å². The smallest absolute Gasteiger partial charge is 0.434 e. The van der Waals surface area contributed by atoms with Gasteiger partial charge >= 0.3 is 23.8 Å². The Hall–Kier alpha value is -4.72. The number of esters is 2. The third-order valence-corrected chi connectivity index (χ3v) is 8.35. The van der Waals surface area contributed by atoms with E-state index >= 15 is 0 Å². The summed E-state index contributed by atoms with van der Waals surface area (Å²) in [5.41, 5.74) is -3.14. The summed E-state index contributed by atoms with van der Waals surface area (Å²) in [5.74, 6) is -3.62.